The van der Waals surface area contributed by atoms with Crippen molar-refractivity contribution in [1.29, 1.82) is 0 Å². The first-order valence-corrected chi connectivity index (χ1v) is 7.51. The molecule has 0 aromatic carbocycles. The van der Waals surface area contributed by atoms with E-state index in [0.29, 0.717) is 6.04 Å². The Morgan fingerprint density at radius 3 is 1.81 bits per heavy atom. The Morgan fingerprint density at radius 1 is 1.00 bits per heavy atom. The molecule has 1 rings (SSSR count). The van der Waals surface area contributed by atoms with Crippen LogP contribution in [0, 0.1) is 26.3 Å². The average molecular weight is 326 g/mol. The van der Waals surface area contributed by atoms with Gasteiger partial charge in [0.25, 0.3) is 0 Å². The molecule has 0 saturated heterocycles. The molecule has 1 aliphatic carbocycles. The Balaban J connectivity index is -0.00000108. The van der Waals surface area contributed by atoms with Crippen molar-refractivity contribution in [1.82, 2.24) is 4.90 Å². The Morgan fingerprint density at radius 2 is 1.52 bits per heavy atom. The maximum atomic E-state index is 3.89. The van der Waals surface area contributed by atoms with Gasteiger partial charge in [-0.1, -0.05) is 58.8 Å². The van der Waals surface area contributed by atoms with Crippen molar-refractivity contribution >= 4 is 0 Å². The fourth-order valence-corrected chi connectivity index (χ4v) is 3.52. The second-order valence-electron chi connectivity index (χ2n) is 5.59. The van der Waals surface area contributed by atoms with Gasteiger partial charge in [0.2, 0.25) is 0 Å². The van der Waals surface area contributed by atoms with Gasteiger partial charge < -0.3 is 19.8 Å². The van der Waals surface area contributed by atoms with E-state index in [1.54, 1.807) is 11.1 Å². The van der Waals surface area contributed by atoms with Crippen molar-refractivity contribution in [3.63, 3.8) is 0 Å². The molecule has 0 aromatic heterocycles. The molecule has 121 valence electrons. The quantitative estimate of drug-likeness (QED) is 0.460. The molecule has 0 spiro atoms. The molecule has 0 saturated carbocycles. The molecule has 1 aliphatic rings. The Labute approximate surface area is 150 Å². The molecular formula is C19H36NTi. The Bertz CT molecular complexity index is 355. The van der Waals surface area contributed by atoms with Gasteiger partial charge in [0, 0.05) is 6.04 Å². The Kier molecular flexibility index (Phi) is 13.4. The van der Waals surface area contributed by atoms with Gasteiger partial charge in [-0.2, -0.15) is 11.1 Å². The predicted octanol–water partition coefficient (Wildman–Crippen LogP) is 5.50. The van der Waals surface area contributed by atoms with Gasteiger partial charge in [0.05, 0.1) is 0 Å². The monoisotopic (exact) mass is 326 g/mol. The largest absolute Gasteiger partial charge is 3.00 e. The molecule has 0 fully saturated rings. The molecule has 0 N–H and O–H groups in total. The van der Waals surface area contributed by atoms with Crippen LogP contribution in [0.4, 0.5) is 0 Å². The van der Waals surface area contributed by atoms with Crippen LogP contribution in [0.25, 0.3) is 0 Å². The number of hydrogen-bond donors (Lipinski definition) is 0. The average Bonchev–Trinajstić information content (AvgIpc) is 2.71. The smallest absolute Gasteiger partial charge is 0.358 e. The van der Waals surface area contributed by atoms with E-state index in [4.69, 9.17) is 0 Å². The molecular weight excluding hydrogens is 290 g/mol. The molecule has 2 heteroatoms. The minimum atomic E-state index is 0. The van der Waals surface area contributed by atoms with E-state index in [-0.39, 0.29) is 42.0 Å². The maximum Gasteiger partial charge on any atom is 3.00 e. The molecule has 21 heavy (non-hydrogen) atoms. The number of allylic oxidation sites excluding steroid dienone is 2. The van der Waals surface area contributed by atoms with Crippen molar-refractivity contribution in [2.45, 2.75) is 66.3 Å². The number of hydrogen-bond acceptors (Lipinski definition) is 1. The zero-order chi connectivity index (χ0) is 13.9. The molecule has 0 aliphatic heterocycles. The van der Waals surface area contributed by atoms with E-state index >= 15 is 0 Å². The van der Waals surface area contributed by atoms with Crippen LogP contribution in [-0.2, 0) is 21.7 Å². The van der Waals surface area contributed by atoms with Gasteiger partial charge >= 0.3 is 21.7 Å². The molecule has 0 amide bonds. The van der Waals surface area contributed by atoms with Crippen molar-refractivity contribution in [3.05, 3.63) is 37.6 Å². The first-order valence-electron chi connectivity index (χ1n) is 7.51. The van der Waals surface area contributed by atoms with Crippen LogP contribution < -0.4 is 0 Å². The van der Waals surface area contributed by atoms with Crippen LogP contribution in [-0.4, -0.2) is 25.0 Å². The second-order valence-corrected chi connectivity index (χ2v) is 5.59. The minimum Gasteiger partial charge on any atom is -0.358 e. The zero-order valence-electron chi connectivity index (χ0n) is 15.9. The maximum absolute atomic E-state index is 3.89. The van der Waals surface area contributed by atoms with E-state index in [2.05, 4.69) is 59.7 Å². The minimum absolute atomic E-state index is 0. The third kappa shape index (κ3) is 4.56. The summed E-state index contributed by atoms with van der Waals surface area (Å²) < 4.78 is 0. The SMILES string of the molecule is CCC1=[C-]C(CC)(C(C)N(C)C)C(CC)=C1CC.[CH3-].[CH3-].[Ti+3]. The van der Waals surface area contributed by atoms with Crippen LogP contribution in [0.15, 0.2) is 16.7 Å². The summed E-state index contributed by atoms with van der Waals surface area (Å²) in [5, 5.41) is 0. The van der Waals surface area contributed by atoms with Gasteiger partial charge in [0.15, 0.2) is 0 Å². The van der Waals surface area contributed by atoms with Crippen LogP contribution in [0.2, 0.25) is 0 Å². The molecule has 0 aromatic rings. The molecule has 1 radical (unpaired) electrons. The van der Waals surface area contributed by atoms with Gasteiger partial charge in [-0.15, -0.1) is 0 Å². The second kappa shape index (κ2) is 10.8. The summed E-state index contributed by atoms with van der Waals surface area (Å²) in [6.07, 6.45) is 8.48. The molecule has 2 unspecified atom stereocenters. The predicted molar refractivity (Wildman–Crippen MR) is 93.4 cm³/mol. The summed E-state index contributed by atoms with van der Waals surface area (Å²) in [7, 11) is 4.37. The number of rotatable bonds is 6. The topological polar surface area (TPSA) is 3.24 Å². The number of nitrogens with zero attached hydrogens (tertiary/aromatic N) is 1. The van der Waals surface area contributed by atoms with Crippen LogP contribution in [0.5, 0.6) is 0 Å². The third-order valence-corrected chi connectivity index (χ3v) is 4.75. The first-order chi connectivity index (χ1) is 8.48. The van der Waals surface area contributed by atoms with Gasteiger partial charge in [-0.05, 0) is 21.0 Å². The van der Waals surface area contributed by atoms with Gasteiger partial charge in [0.1, 0.15) is 0 Å². The molecule has 0 heterocycles. The van der Waals surface area contributed by atoms with Crippen molar-refractivity contribution in [2.24, 2.45) is 5.41 Å². The summed E-state index contributed by atoms with van der Waals surface area (Å²) in [6, 6.07) is 0.517. The summed E-state index contributed by atoms with van der Waals surface area (Å²) in [5.41, 5.74) is 4.86. The summed E-state index contributed by atoms with van der Waals surface area (Å²) in [5.74, 6) is 0. The summed E-state index contributed by atoms with van der Waals surface area (Å²) in [6.45, 7) is 11.5. The normalized spacial score (nSPS) is 22.2. The van der Waals surface area contributed by atoms with Gasteiger partial charge in [-0.25, -0.2) is 5.57 Å². The van der Waals surface area contributed by atoms with Crippen molar-refractivity contribution in [2.75, 3.05) is 14.1 Å². The van der Waals surface area contributed by atoms with E-state index in [9.17, 15) is 0 Å². The van der Waals surface area contributed by atoms with Crippen LogP contribution in [0.3, 0.4) is 0 Å². The molecule has 1 nitrogen and oxygen atoms in total. The van der Waals surface area contributed by atoms with E-state index in [1.807, 2.05) is 0 Å². The molecule has 2 atom stereocenters. The third-order valence-electron chi connectivity index (χ3n) is 4.75. The van der Waals surface area contributed by atoms with Gasteiger partial charge in [-0.3, -0.25) is 6.08 Å². The van der Waals surface area contributed by atoms with Crippen molar-refractivity contribution in [3.8, 4) is 0 Å². The fourth-order valence-electron chi connectivity index (χ4n) is 3.52. The van der Waals surface area contributed by atoms with Crippen molar-refractivity contribution < 1.29 is 21.7 Å². The Hall–Kier alpha value is 0.154. The standard InChI is InChI=1S/C17H30N.2CH3.Ti/c1-8-14-12-17(11-4,13(5)18(6)7)16(10-3)15(14)9-2;;;/h13H,8-11H2,1-7H3;2*1H3;/q3*-1;+3. The van der Waals surface area contributed by atoms with Crippen LogP contribution in [0.1, 0.15) is 60.3 Å². The zero-order valence-corrected chi connectivity index (χ0v) is 17.4. The van der Waals surface area contributed by atoms with E-state index < -0.39 is 0 Å². The molecule has 0 bridgehead atoms. The fraction of sp³-hybridized carbons (Fsp3) is 0.684. The van der Waals surface area contributed by atoms with Crippen LogP contribution >= 0.6 is 0 Å². The van der Waals surface area contributed by atoms with E-state index in [0.717, 1.165) is 25.7 Å². The first kappa shape index (κ1) is 26.1. The van der Waals surface area contributed by atoms with E-state index in [1.165, 1.54) is 5.57 Å². The summed E-state index contributed by atoms with van der Waals surface area (Å²) >= 11 is 0. The summed E-state index contributed by atoms with van der Waals surface area (Å²) in [4.78, 5) is 2.35.